The van der Waals surface area contributed by atoms with Gasteiger partial charge in [0, 0.05) is 16.6 Å². The molecule has 3 N–H and O–H groups in total. The molecule has 2 aromatic heterocycles. The van der Waals surface area contributed by atoms with Gasteiger partial charge < -0.3 is 15.5 Å². The predicted molar refractivity (Wildman–Crippen MR) is 77.4 cm³/mol. The fraction of sp³-hybridized carbons (Fsp3) is 0.0714. The Morgan fingerprint density at radius 1 is 1.32 bits per heavy atom. The Labute approximate surface area is 113 Å². The van der Waals surface area contributed by atoms with Gasteiger partial charge in [0.25, 0.3) is 0 Å². The summed E-state index contributed by atoms with van der Waals surface area (Å²) in [5, 5.41) is 2.06. The van der Waals surface area contributed by atoms with Crippen LogP contribution in [0.1, 0.15) is 10.5 Å². The average molecular weight is 272 g/mol. The zero-order chi connectivity index (χ0) is 13.4. The van der Waals surface area contributed by atoms with E-state index in [1.165, 1.54) is 7.11 Å². The van der Waals surface area contributed by atoms with Crippen LogP contribution in [0.3, 0.4) is 0 Å². The van der Waals surface area contributed by atoms with Crippen LogP contribution in [0.25, 0.3) is 21.3 Å². The lowest BCUT2D eigenvalue weighted by molar-refractivity contribution is 0.0595. The summed E-state index contributed by atoms with van der Waals surface area (Å²) < 4.78 is 5.75. The van der Waals surface area contributed by atoms with E-state index in [4.69, 9.17) is 10.5 Å². The number of rotatable bonds is 2. The minimum Gasteiger partial charge on any atom is -0.464 e. The minimum atomic E-state index is -0.355. The second-order valence-corrected chi connectivity index (χ2v) is 5.10. The lowest BCUT2D eigenvalue weighted by Crippen LogP contribution is -2.00. The number of carbonyl (C=O) groups is 1. The molecule has 0 fully saturated rings. The van der Waals surface area contributed by atoms with Crippen molar-refractivity contribution in [2.75, 3.05) is 12.8 Å². The van der Waals surface area contributed by atoms with Crippen LogP contribution in [-0.2, 0) is 4.74 Å². The van der Waals surface area contributed by atoms with E-state index < -0.39 is 0 Å². The summed E-state index contributed by atoms with van der Waals surface area (Å²) in [6, 6.07) is 9.48. The summed E-state index contributed by atoms with van der Waals surface area (Å²) in [7, 11) is 1.37. The van der Waals surface area contributed by atoms with Crippen LogP contribution >= 0.6 is 11.3 Å². The number of esters is 1. The second kappa shape index (κ2) is 4.44. The van der Waals surface area contributed by atoms with Gasteiger partial charge in [-0.1, -0.05) is 12.1 Å². The molecule has 0 amide bonds. The summed E-state index contributed by atoms with van der Waals surface area (Å²) in [5.74, 6) is -0.355. The van der Waals surface area contributed by atoms with Crippen LogP contribution in [0.5, 0.6) is 0 Å². The third-order valence-electron chi connectivity index (χ3n) is 2.98. The van der Waals surface area contributed by atoms with Crippen LogP contribution in [-0.4, -0.2) is 18.1 Å². The van der Waals surface area contributed by atoms with E-state index >= 15 is 0 Å². The number of aromatic nitrogens is 1. The van der Waals surface area contributed by atoms with Crippen molar-refractivity contribution >= 4 is 33.2 Å². The number of nitrogens with one attached hydrogen (secondary N) is 1. The Kier molecular flexibility index (Phi) is 2.76. The van der Waals surface area contributed by atoms with Crippen LogP contribution in [0, 0.1) is 0 Å². The van der Waals surface area contributed by atoms with Crippen molar-refractivity contribution in [2.45, 2.75) is 0 Å². The standard InChI is InChI=1S/C14H12N2O2S/c1-18-14(17)11-6-12-13(16-11)10(7-19-12)8-2-4-9(15)5-3-8/h2-7,16H,15H2,1H3. The third kappa shape index (κ3) is 1.98. The number of nitrogens with two attached hydrogens (primary N) is 1. The smallest absolute Gasteiger partial charge is 0.354 e. The molecule has 0 aliphatic heterocycles. The van der Waals surface area contributed by atoms with Gasteiger partial charge in [-0.3, -0.25) is 0 Å². The Morgan fingerprint density at radius 2 is 2.05 bits per heavy atom. The van der Waals surface area contributed by atoms with Crippen LogP contribution in [0.4, 0.5) is 5.69 Å². The molecule has 1 aromatic carbocycles. The van der Waals surface area contributed by atoms with Crippen molar-refractivity contribution in [2.24, 2.45) is 0 Å². The average Bonchev–Trinajstić information content (AvgIpc) is 2.99. The summed E-state index contributed by atoms with van der Waals surface area (Å²) in [6.07, 6.45) is 0. The molecule has 0 unspecified atom stereocenters. The Bertz CT molecular complexity index is 740. The number of benzene rings is 1. The quantitative estimate of drug-likeness (QED) is 0.555. The molecular formula is C14H12N2O2S. The molecule has 5 heteroatoms. The molecule has 3 aromatic rings. The number of anilines is 1. The van der Waals surface area contributed by atoms with E-state index in [9.17, 15) is 4.79 Å². The number of nitrogen functional groups attached to an aromatic ring is 1. The number of aromatic amines is 1. The largest absolute Gasteiger partial charge is 0.464 e. The first-order valence-electron chi connectivity index (χ1n) is 5.73. The second-order valence-electron chi connectivity index (χ2n) is 4.19. The van der Waals surface area contributed by atoms with Crippen molar-refractivity contribution in [3.8, 4) is 11.1 Å². The topological polar surface area (TPSA) is 68.1 Å². The van der Waals surface area contributed by atoms with Gasteiger partial charge >= 0.3 is 5.97 Å². The zero-order valence-corrected chi connectivity index (χ0v) is 11.1. The molecule has 2 heterocycles. The molecule has 0 saturated heterocycles. The first-order valence-corrected chi connectivity index (χ1v) is 6.61. The van der Waals surface area contributed by atoms with Crippen LogP contribution in [0.15, 0.2) is 35.7 Å². The van der Waals surface area contributed by atoms with E-state index in [0.717, 1.165) is 27.0 Å². The highest BCUT2D eigenvalue weighted by Gasteiger charge is 2.14. The number of methoxy groups -OCH3 is 1. The van der Waals surface area contributed by atoms with Gasteiger partial charge in [0.15, 0.2) is 0 Å². The Hall–Kier alpha value is -2.27. The molecule has 96 valence electrons. The van der Waals surface area contributed by atoms with Crippen molar-refractivity contribution in [1.29, 1.82) is 0 Å². The highest BCUT2D eigenvalue weighted by Crippen LogP contribution is 2.34. The van der Waals surface area contributed by atoms with Gasteiger partial charge in [0.05, 0.1) is 17.3 Å². The zero-order valence-electron chi connectivity index (χ0n) is 10.3. The summed E-state index contributed by atoms with van der Waals surface area (Å²) in [5.41, 5.74) is 9.98. The molecule has 0 radical (unpaired) electrons. The van der Waals surface area contributed by atoms with E-state index in [1.807, 2.05) is 30.3 Å². The maximum atomic E-state index is 11.5. The van der Waals surface area contributed by atoms with E-state index in [1.54, 1.807) is 11.3 Å². The highest BCUT2D eigenvalue weighted by atomic mass is 32.1. The van der Waals surface area contributed by atoms with Gasteiger partial charge in [-0.25, -0.2) is 4.79 Å². The van der Waals surface area contributed by atoms with Crippen molar-refractivity contribution in [3.63, 3.8) is 0 Å². The van der Waals surface area contributed by atoms with Gasteiger partial charge in [-0.05, 0) is 23.8 Å². The van der Waals surface area contributed by atoms with E-state index in [-0.39, 0.29) is 5.97 Å². The number of fused-ring (bicyclic) bond motifs is 1. The maximum Gasteiger partial charge on any atom is 0.354 e. The molecule has 0 aliphatic carbocycles. The number of hydrogen-bond acceptors (Lipinski definition) is 4. The fourth-order valence-electron chi connectivity index (χ4n) is 2.00. The van der Waals surface area contributed by atoms with Gasteiger partial charge in [-0.2, -0.15) is 0 Å². The van der Waals surface area contributed by atoms with Crippen molar-refractivity contribution in [3.05, 3.63) is 41.4 Å². The Morgan fingerprint density at radius 3 is 2.74 bits per heavy atom. The number of hydrogen-bond donors (Lipinski definition) is 2. The monoisotopic (exact) mass is 272 g/mol. The molecule has 0 aliphatic rings. The van der Waals surface area contributed by atoms with E-state index in [2.05, 4.69) is 10.4 Å². The number of thiophene rings is 1. The first-order chi connectivity index (χ1) is 9.19. The number of carbonyl (C=O) groups excluding carboxylic acids is 1. The molecule has 19 heavy (non-hydrogen) atoms. The SMILES string of the molecule is COC(=O)c1cc2scc(-c3ccc(N)cc3)c2[nH]1. The van der Waals surface area contributed by atoms with Crippen LogP contribution < -0.4 is 5.73 Å². The predicted octanol–water partition coefficient (Wildman–Crippen LogP) is 3.27. The molecule has 4 nitrogen and oxygen atoms in total. The fourth-order valence-corrected chi connectivity index (χ4v) is 2.97. The van der Waals surface area contributed by atoms with Gasteiger partial charge in [0.1, 0.15) is 5.69 Å². The van der Waals surface area contributed by atoms with Gasteiger partial charge in [-0.15, -0.1) is 11.3 Å². The Balaban J connectivity index is 2.11. The van der Waals surface area contributed by atoms with Crippen LogP contribution in [0.2, 0.25) is 0 Å². The lowest BCUT2D eigenvalue weighted by atomic mass is 10.1. The maximum absolute atomic E-state index is 11.5. The van der Waals surface area contributed by atoms with Crippen molar-refractivity contribution in [1.82, 2.24) is 4.98 Å². The van der Waals surface area contributed by atoms with Gasteiger partial charge in [0.2, 0.25) is 0 Å². The molecule has 0 bridgehead atoms. The molecule has 3 rings (SSSR count). The third-order valence-corrected chi connectivity index (χ3v) is 3.91. The number of ether oxygens (including phenoxy) is 1. The summed E-state index contributed by atoms with van der Waals surface area (Å²) >= 11 is 1.59. The molecular weight excluding hydrogens is 260 g/mol. The highest BCUT2D eigenvalue weighted by molar-refractivity contribution is 7.17. The summed E-state index contributed by atoms with van der Waals surface area (Å²) in [4.78, 5) is 14.6. The minimum absolute atomic E-state index is 0.355. The molecule has 0 spiro atoms. The molecule has 0 saturated carbocycles. The normalized spacial score (nSPS) is 10.8. The molecule has 0 atom stereocenters. The van der Waals surface area contributed by atoms with Crippen molar-refractivity contribution < 1.29 is 9.53 Å². The first kappa shape index (κ1) is 11.8. The van der Waals surface area contributed by atoms with E-state index in [0.29, 0.717) is 5.69 Å². The number of H-pyrrole nitrogens is 1. The lowest BCUT2D eigenvalue weighted by Gasteiger charge is -1.99. The summed E-state index contributed by atoms with van der Waals surface area (Å²) in [6.45, 7) is 0.